The van der Waals surface area contributed by atoms with Crippen LogP contribution in [0.2, 0.25) is 0 Å². The van der Waals surface area contributed by atoms with Crippen LogP contribution in [0.15, 0.2) is 51.7 Å². The Hall–Kier alpha value is -2.37. The third-order valence-corrected chi connectivity index (χ3v) is 4.21. The molecule has 2 N–H and O–H groups in total. The molecular weight excluding hydrogens is 306 g/mol. The van der Waals surface area contributed by atoms with Crippen molar-refractivity contribution in [2.75, 3.05) is 13.2 Å². The van der Waals surface area contributed by atoms with Gasteiger partial charge in [0.25, 0.3) is 0 Å². The second-order valence-electron chi connectivity index (χ2n) is 6.23. The van der Waals surface area contributed by atoms with E-state index in [0.717, 1.165) is 0 Å². The van der Waals surface area contributed by atoms with Crippen molar-refractivity contribution in [1.29, 1.82) is 0 Å². The van der Waals surface area contributed by atoms with Crippen LogP contribution in [0, 0.1) is 0 Å². The van der Waals surface area contributed by atoms with E-state index in [2.05, 4.69) is 5.32 Å². The molecule has 0 amide bonds. The molecule has 1 fully saturated rings. The first-order valence-corrected chi connectivity index (χ1v) is 8.20. The van der Waals surface area contributed by atoms with Crippen LogP contribution in [0.25, 0.3) is 21.9 Å². The molecule has 1 aromatic heterocycles. The number of nitrogens with one attached hydrogen (secondary N) is 1. The van der Waals surface area contributed by atoms with E-state index in [-0.39, 0.29) is 12.0 Å². The van der Waals surface area contributed by atoms with E-state index in [0.29, 0.717) is 40.3 Å². The molecule has 0 radical (unpaired) electrons. The first kappa shape index (κ1) is 15.2. The maximum Gasteiger partial charge on any atom is 0.200 e. The lowest BCUT2D eigenvalue weighted by molar-refractivity contribution is 0.106. The summed E-state index contributed by atoms with van der Waals surface area (Å²) in [7, 11) is 0. The van der Waals surface area contributed by atoms with Gasteiger partial charge >= 0.3 is 0 Å². The van der Waals surface area contributed by atoms with Gasteiger partial charge in [0.1, 0.15) is 29.6 Å². The molecule has 0 aliphatic heterocycles. The molecule has 1 heterocycles. The highest BCUT2D eigenvalue weighted by atomic mass is 16.5. The normalized spacial score (nSPS) is 15.7. The molecule has 5 nitrogen and oxygen atoms in total. The van der Waals surface area contributed by atoms with Crippen LogP contribution < -0.4 is 15.5 Å². The van der Waals surface area contributed by atoms with E-state index < -0.39 is 6.10 Å². The van der Waals surface area contributed by atoms with Crippen molar-refractivity contribution in [1.82, 2.24) is 5.32 Å². The van der Waals surface area contributed by atoms with Crippen LogP contribution in [0.4, 0.5) is 0 Å². The van der Waals surface area contributed by atoms with Crippen molar-refractivity contribution in [3.05, 3.63) is 52.7 Å². The zero-order valence-electron chi connectivity index (χ0n) is 13.2. The summed E-state index contributed by atoms with van der Waals surface area (Å²) < 4.78 is 11.4. The van der Waals surface area contributed by atoms with Gasteiger partial charge in [0.2, 0.25) is 5.43 Å². The molecule has 1 aliphatic rings. The van der Waals surface area contributed by atoms with Gasteiger partial charge in [0, 0.05) is 18.7 Å². The molecule has 4 rings (SSSR count). The molecule has 1 saturated carbocycles. The van der Waals surface area contributed by atoms with Crippen molar-refractivity contribution in [2.45, 2.75) is 25.0 Å². The van der Waals surface area contributed by atoms with Gasteiger partial charge in [-0.15, -0.1) is 0 Å². The number of aliphatic hydroxyl groups is 1. The fourth-order valence-electron chi connectivity index (χ4n) is 2.71. The van der Waals surface area contributed by atoms with Crippen molar-refractivity contribution in [3.8, 4) is 5.75 Å². The summed E-state index contributed by atoms with van der Waals surface area (Å²) in [6.45, 7) is 0.723. The van der Waals surface area contributed by atoms with Crippen LogP contribution in [0.5, 0.6) is 5.75 Å². The topological polar surface area (TPSA) is 71.7 Å². The second-order valence-corrected chi connectivity index (χ2v) is 6.23. The lowest BCUT2D eigenvalue weighted by atomic mass is 10.1. The molecule has 3 aromatic rings. The molecular formula is C19H19NO4. The van der Waals surface area contributed by atoms with Gasteiger partial charge in [0.15, 0.2) is 0 Å². The Morgan fingerprint density at radius 2 is 1.96 bits per heavy atom. The number of rotatable bonds is 6. The SMILES string of the molecule is O=c1c2ccccc2oc2cc(OCC(O)CNC3CC3)ccc12. The third-order valence-electron chi connectivity index (χ3n) is 4.21. The number of fused-ring (bicyclic) bond motifs is 2. The second kappa shape index (κ2) is 6.26. The highest BCUT2D eigenvalue weighted by Gasteiger charge is 2.21. The van der Waals surface area contributed by atoms with Crippen molar-refractivity contribution in [3.63, 3.8) is 0 Å². The molecule has 124 valence electrons. The summed E-state index contributed by atoms with van der Waals surface area (Å²) in [5.41, 5.74) is 0.995. The van der Waals surface area contributed by atoms with E-state index in [1.807, 2.05) is 12.1 Å². The van der Waals surface area contributed by atoms with Crippen LogP contribution in [-0.4, -0.2) is 30.4 Å². The number of hydrogen-bond acceptors (Lipinski definition) is 5. The lowest BCUT2D eigenvalue weighted by Crippen LogP contribution is -2.32. The minimum Gasteiger partial charge on any atom is -0.491 e. The van der Waals surface area contributed by atoms with Crippen molar-refractivity contribution >= 4 is 21.9 Å². The zero-order valence-corrected chi connectivity index (χ0v) is 13.2. The Bertz CT molecular complexity index is 929. The molecule has 0 saturated heterocycles. The summed E-state index contributed by atoms with van der Waals surface area (Å²) >= 11 is 0. The predicted molar refractivity (Wildman–Crippen MR) is 92.5 cm³/mol. The fraction of sp³-hybridized carbons (Fsp3) is 0.316. The summed E-state index contributed by atoms with van der Waals surface area (Å²) in [4.78, 5) is 12.5. The monoisotopic (exact) mass is 325 g/mol. The molecule has 1 aliphatic carbocycles. The Balaban J connectivity index is 1.54. The summed E-state index contributed by atoms with van der Waals surface area (Å²) in [5.74, 6) is 0.575. The smallest absolute Gasteiger partial charge is 0.200 e. The molecule has 0 bridgehead atoms. The van der Waals surface area contributed by atoms with Gasteiger partial charge in [-0.05, 0) is 37.1 Å². The molecule has 5 heteroatoms. The summed E-state index contributed by atoms with van der Waals surface area (Å²) in [5, 5.41) is 14.3. The van der Waals surface area contributed by atoms with Gasteiger partial charge in [-0.2, -0.15) is 0 Å². The summed E-state index contributed by atoms with van der Waals surface area (Å²) in [6.07, 6.45) is 1.81. The third kappa shape index (κ3) is 3.13. The van der Waals surface area contributed by atoms with Crippen LogP contribution in [0.3, 0.4) is 0 Å². The minimum atomic E-state index is -0.565. The predicted octanol–water partition coefficient (Wildman–Crippen LogP) is 2.44. The fourth-order valence-corrected chi connectivity index (χ4v) is 2.71. The number of ether oxygens (including phenoxy) is 1. The van der Waals surface area contributed by atoms with Crippen LogP contribution in [0.1, 0.15) is 12.8 Å². The average molecular weight is 325 g/mol. The maximum atomic E-state index is 12.5. The van der Waals surface area contributed by atoms with Crippen molar-refractivity contribution < 1.29 is 14.3 Å². The molecule has 0 spiro atoms. The average Bonchev–Trinajstić information content (AvgIpc) is 3.42. The van der Waals surface area contributed by atoms with Crippen molar-refractivity contribution in [2.24, 2.45) is 0 Å². The molecule has 1 unspecified atom stereocenters. The van der Waals surface area contributed by atoms with Gasteiger partial charge < -0.3 is 19.6 Å². The Labute approximate surface area is 138 Å². The van der Waals surface area contributed by atoms with Gasteiger partial charge in [-0.25, -0.2) is 0 Å². The number of para-hydroxylation sites is 1. The zero-order chi connectivity index (χ0) is 16.5. The van der Waals surface area contributed by atoms with Gasteiger partial charge in [-0.3, -0.25) is 4.79 Å². The van der Waals surface area contributed by atoms with Gasteiger partial charge in [-0.1, -0.05) is 12.1 Å². The van der Waals surface area contributed by atoms with Crippen LogP contribution in [-0.2, 0) is 0 Å². The van der Waals surface area contributed by atoms with E-state index in [4.69, 9.17) is 9.15 Å². The van der Waals surface area contributed by atoms with E-state index in [1.54, 1.807) is 30.3 Å². The number of hydrogen-bond donors (Lipinski definition) is 2. The molecule has 2 aromatic carbocycles. The first-order chi connectivity index (χ1) is 11.7. The quantitative estimate of drug-likeness (QED) is 0.681. The standard InChI is InChI=1S/C19H19NO4/c21-13(10-20-12-5-6-12)11-23-14-7-8-16-18(9-14)24-17-4-2-1-3-15(17)19(16)22/h1-4,7-9,12-13,20-21H,5-6,10-11H2. The Morgan fingerprint density at radius 3 is 2.79 bits per heavy atom. The largest absolute Gasteiger partial charge is 0.491 e. The Kier molecular flexibility index (Phi) is 3.96. The number of benzene rings is 2. The number of aliphatic hydroxyl groups excluding tert-OH is 1. The first-order valence-electron chi connectivity index (χ1n) is 8.20. The summed E-state index contributed by atoms with van der Waals surface area (Å²) in [6, 6.07) is 12.9. The van der Waals surface area contributed by atoms with Gasteiger partial charge in [0.05, 0.1) is 10.8 Å². The van der Waals surface area contributed by atoms with Crippen LogP contribution >= 0.6 is 0 Å². The molecule has 24 heavy (non-hydrogen) atoms. The maximum absolute atomic E-state index is 12.5. The van der Waals surface area contributed by atoms with E-state index in [1.165, 1.54) is 12.8 Å². The highest BCUT2D eigenvalue weighted by molar-refractivity contribution is 5.90. The highest BCUT2D eigenvalue weighted by Crippen LogP contribution is 2.23. The van der Waals surface area contributed by atoms with E-state index >= 15 is 0 Å². The van der Waals surface area contributed by atoms with E-state index in [9.17, 15) is 9.90 Å². The lowest BCUT2D eigenvalue weighted by Gasteiger charge is -2.13. The minimum absolute atomic E-state index is 0.0490. The Morgan fingerprint density at radius 1 is 1.17 bits per heavy atom. The molecule has 1 atom stereocenters.